The number of amides is 1. The second-order valence-corrected chi connectivity index (χ2v) is 3.36. The van der Waals surface area contributed by atoms with E-state index in [9.17, 15) is 4.79 Å². The van der Waals surface area contributed by atoms with Crippen LogP contribution in [-0.2, 0) is 0 Å². The largest absolute Gasteiger partial charge is 0.290 e. The second kappa shape index (κ2) is 2.85. The number of carbonyl (C=O) groups is 1. The minimum atomic E-state index is -0.256. The quantitative estimate of drug-likeness (QED) is 0.345. The zero-order chi connectivity index (χ0) is 9.42. The van der Waals surface area contributed by atoms with Crippen LogP contribution in [0.5, 0.6) is 0 Å². The Bertz CT molecular complexity index is 340. The van der Waals surface area contributed by atoms with Gasteiger partial charge >= 0.3 is 0 Å². The number of nitrogens with zero attached hydrogens (tertiary/aromatic N) is 1. The van der Waals surface area contributed by atoms with E-state index in [1.165, 1.54) is 0 Å². The Balaban J connectivity index is 2.39. The molecule has 1 saturated carbocycles. The van der Waals surface area contributed by atoms with Crippen molar-refractivity contribution in [2.24, 2.45) is 5.84 Å². The lowest BCUT2D eigenvalue weighted by molar-refractivity contribution is 0.0952. The van der Waals surface area contributed by atoms with Gasteiger partial charge in [-0.2, -0.15) is 5.10 Å². The van der Waals surface area contributed by atoms with Crippen LogP contribution in [0.3, 0.4) is 0 Å². The predicted molar refractivity (Wildman–Crippen MR) is 47.0 cm³/mol. The van der Waals surface area contributed by atoms with E-state index >= 15 is 0 Å². The number of H-pyrrole nitrogens is 1. The summed E-state index contributed by atoms with van der Waals surface area (Å²) < 4.78 is 0. The van der Waals surface area contributed by atoms with Gasteiger partial charge in [0.15, 0.2) is 0 Å². The molecule has 1 aliphatic carbocycles. The van der Waals surface area contributed by atoms with Gasteiger partial charge in [-0.15, -0.1) is 0 Å². The Morgan fingerprint density at radius 1 is 1.69 bits per heavy atom. The van der Waals surface area contributed by atoms with Gasteiger partial charge in [0.25, 0.3) is 5.91 Å². The highest BCUT2D eigenvalue weighted by molar-refractivity contribution is 5.96. The van der Waals surface area contributed by atoms with E-state index < -0.39 is 0 Å². The van der Waals surface area contributed by atoms with Gasteiger partial charge in [0, 0.05) is 11.6 Å². The normalized spacial score (nSPS) is 15.8. The number of nitrogens with two attached hydrogens (primary N) is 1. The van der Waals surface area contributed by atoms with Crippen LogP contribution in [0.1, 0.15) is 40.5 Å². The van der Waals surface area contributed by atoms with Gasteiger partial charge < -0.3 is 0 Å². The van der Waals surface area contributed by atoms with Gasteiger partial charge in [-0.05, 0) is 19.8 Å². The lowest BCUT2D eigenvalue weighted by atomic mass is 10.1. The fraction of sp³-hybridized carbons (Fsp3) is 0.500. The molecule has 1 aromatic rings. The summed E-state index contributed by atoms with van der Waals surface area (Å²) in [6.45, 7) is 1.82. The molecule has 0 unspecified atom stereocenters. The number of aromatic nitrogens is 2. The van der Waals surface area contributed by atoms with Gasteiger partial charge in [-0.1, -0.05) is 0 Å². The van der Waals surface area contributed by atoms with Gasteiger partial charge in [0.1, 0.15) is 0 Å². The molecular weight excluding hydrogens is 168 g/mol. The summed E-state index contributed by atoms with van der Waals surface area (Å²) in [5, 5.41) is 6.91. The maximum absolute atomic E-state index is 11.4. The van der Waals surface area contributed by atoms with Gasteiger partial charge in [-0.25, -0.2) is 5.84 Å². The SMILES string of the molecule is Cc1[nH]nc(C2CC2)c1C(=O)NN. The Morgan fingerprint density at radius 2 is 2.38 bits per heavy atom. The van der Waals surface area contributed by atoms with Crippen molar-refractivity contribution in [1.82, 2.24) is 15.6 Å². The number of rotatable bonds is 2. The molecular formula is C8H12N4O. The van der Waals surface area contributed by atoms with Crippen molar-refractivity contribution >= 4 is 5.91 Å². The number of aromatic amines is 1. The molecule has 1 amide bonds. The maximum atomic E-state index is 11.4. The van der Waals surface area contributed by atoms with Crippen molar-refractivity contribution in [3.63, 3.8) is 0 Å². The first-order valence-corrected chi connectivity index (χ1v) is 4.30. The third-order valence-electron chi connectivity index (χ3n) is 2.30. The monoisotopic (exact) mass is 180 g/mol. The van der Waals surface area contributed by atoms with Crippen LogP contribution in [0.2, 0.25) is 0 Å². The van der Waals surface area contributed by atoms with Crippen LogP contribution in [0.25, 0.3) is 0 Å². The van der Waals surface area contributed by atoms with Crippen molar-refractivity contribution < 1.29 is 4.79 Å². The molecule has 0 aromatic carbocycles. The van der Waals surface area contributed by atoms with E-state index in [-0.39, 0.29) is 5.91 Å². The first-order valence-electron chi connectivity index (χ1n) is 4.30. The van der Waals surface area contributed by atoms with Gasteiger partial charge in [-0.3, -0.25) is 15.3 Å². The van der Waals surface area contributed by atoms with Crippen molar-refractivity contribution in [2.45, 2.75) is 25.7 Å². The number of hydrogen-bond acceptors (Lipinski definition) is 3. The smallest absolute Gasteiger partial charge is 0.268 e. The molecule has 5 nitrogen and oxygen atoms in total. The average molecular weight is 180 g/mol. The molecule has 13 heavy (non-hydrogen) atoms. The Hall–Kier alpha value is -1.36. The van der Waals surface area contributed by atoms with Crippen LogP contribution in [0.15, 0.2) is 0 Å². The minimum Gasteiger partial charge on any atom is -0.290 e. The summed E-state index contributed by atoms with van der Waals surface area (Å²) in [6.07, 6.45) is 2.24. The number of hydrogen-bond donors (Lipinski definition) is 3. The summed E-state index contributed by atoms with van der Waals surface area (Å²) in [7, 11) is 0. The first kappa shape index (κ1) is 8.25. The molecule has 70 valence electrons. The molecule has 5 heteroatoms. The van der Waals surface area contributed by atoms with E-state index in [0.717, 1.165) is 24.2 Å². The van der Waals surface area contributed by atoms with Gasteiger partial charge in [0.2, 0.25) is 0 Å². The molecule has 0 radical (unpaired) electrons. The second-order valence-electron chi connectivity index (χ2n) is 3.36. The number of aryl methyl sites for hydroxylation is 1. The molecule has 1 fully saturated rings. The van der Waals surface area contributed by atoms with E-state index in [4.69, 9.17) is 5.84 Å². The van der Waals surface area contributed by atoms with E-state index in [0.29, 0.717) is 11.5 Å². The lowest BCUT2D eigenvalue weighted by Gasteiger charge is -1.99. The highest BCUT2D eigenvalue weighted by atomic mass is 16.2. The number of carbonyl (C=O) groups excluding carboxylic acids is 1. The Morgan fingerprint density at radius 3 is 2.92 bits per heavy atom. The first-order chi connectivity index (χ1) is 6.24. The molecule has 4 N–H and O–H groups in total. The van der Waals surface area contributed by atoms with Crippen LogP contribution >= 0.6 is 0 Å². The summed E-state index contributed by atoms with van der Waals surface area (Å²) in [6, 6.07) is 0. The molecule has 2 rings (SSSR count). The summed E-state index contributed by atoms with van der Waals surface area (Å²) in [4.78, 5) is 11.4. The molecule has 0 saturated heterocycles. The van der Waals surface area contributed by atoms with Crippen molar-refractivity contribution in [2.75, 3.05) is 0 Å². The standard InChI is InChI=1S/C8H12N4O/c1-4-6(8(13)10-9)7(12-11-4)5-2-3-5/h5H,2-3,9H2,1H3,(H,10,13)(H,11,12). The fourth-order valence-electron chi connectivity index (χ4n) is 1.46. The predicted octanol–water partition coefficient (Wildman–Crippen LogP) is 0.199. The van der Waals surface area contributed by atoms with E-state index in [1.807, 2.05) is 6.92 Å². The highest BCUT2D eigenvalue weighted by Gasteiger charge is 2.31. The molecule has 0 spiro atoms. The molecule has 0 bridgehead atoms. The van der Waals surface area contributed by atoms with Crippen LogP contribution in [0.4, 0.5) is 0 Å². The third-order valence-corrected chi connectivity index (χ3v) is 2.30. The molecule has 1 aliphatic rings. The fourth-order valence-corrected chi connectivity index (χ4v) is 1.46. The molecule has 1 heterocycles. The zero-order valence-corrected chi connectivity index (χ0v) is 7.42. The molecule has 0 aliphatic heterocycles. The Kier molecular flexibility index (Phi) is 1.81. The minimum absolute atomic E-state index is 0.256. The molecule has 1 aromatic heterocycles. The zero-order valence-electron chi connectivity index (χ0n) is 7.42. The van der Waals surface area contributed by atoms with Crippen molar-refractivity contribution in [3.05, 3.63) is 17.0 Å². The summed E-state index contributed by atoms with van der Waals surface area (Å²) >= 11 is 0. The third kappa shape index (κ3) is 1.31. The number of nitrogen functional groups attached to an aromatic ring is 1. The summed E-state index contributed by atoms with van der Waals surface area (Å²) in [5.41, 5.74) is 4.39. The summed E-state index contributed by atoms with van der Waals surface area (Å²) in [5.74, 6) is 5.28. The van der Waals surface area contributed by atoms with Crippen molar-refractivity contribution in [3.8, 4) is 0 Å². The number of hydrazine groups is 1. The van der Waals surface area contributed by atoms with Crippen LogP contribution in [0, 0.1) is 6.92 Å². The molecule has 0 atom stereocenters. The topological polar surface area (TPSA) is 83.8 Å². The lowest BCUT2D eigenvalue weighted by Crippen LogP contribution is -2.30. The Labute approximate surface area is 75.7 Å². The van der Waals surface area contributed by atoms with Crippen LogP contribution < -0.4 is 11.3 Å². The number of nitrogens with one attached hydrogen (secondary N) is 2. The van der Waals surface area contributed by atoms with Crippen LogP contribution in [-0.4, -0.2) is 16.1 Å². The van der Waals surface area contributed by atoms with E-state index in [2.05, 4.69) is 15.6 Å². The van der Waals surface area contributed by atoms with E-state index in [1.54, 1.807) is 0 Å². The average Bonchev–Trinajstić information content (AvgIpc) is 2.89. The van der Waals surface area contributed by atoms with Gasteiger partial charge in [0.05, 0.1) is 11.3 Å². The highest BCUT2D eigenvalue weighted by Crippen LogP contribution is 2.40. The van der Waals surface area contributed by atoms with Crippen molar-refractivity contribution in [1.29, 1.82) is 0 Å². The maximum Gasteiger partial charge on any atom is 0.268 e.